The second-order valence-electron chi connectivity index (χ2n) is 5.43. The summed E-state index contributed by atoms with van der Waals surface area (Å²) in [5.74, 6) is 0.646. The highest BCUT2D eigenvalue weighted by atomic mass is 16.3. The molecule has 2 rings (SSSR count). The van der Waals surface area contributed by atoms with Crippen LogP contribution in [-0.2, 0) is 0 Å². The van der Waals surface area contributed by atoms with Crippen molar-refractivity contribution in [2.75, 3.05) is 19.7 Å². The summed E-state index contributed by atoms with van der Waals surface area (Å²) in [5.41, 5.74) is 0. The minimum atomic E-state index is -0.110. The van der Waals surface area contributed by atoms with E-state index in [-0.39, 0.29) is 6.10 Å². The van der Waals surface area contributed by atoms with Gasteiger partial charge in [-0.1, -0.05) is 12.8 Å². The first-order valence-corrected chi connectivity index (χ1v) is 6.84. The van der Waals surface area contributed by atoms with Crippen molar-refractivity contribution in [2.45, 2.75) is 57.1 Å². The van der Waals surface area contributed by atoms with Crippen LogP contribution in [0.2, 0.25) is 0 Å². The lowest BCUT2D eigenvalue weighted by Gasteiger charge is -2.42. The minimum Gasteiger partial charge on any atom is -0.396 e. The lowest BCUT2D eigenvalue weighted by molar-refractivity contribution is -0.00222. The molecule has 2 fully saturated rings. The normalized spacial score (nSPS) is 37.5. The molecule has 0 amide bonds. The van der Waals surface area contributed by atoms with Gasteiger partial charge in [0.05, 0.1) is 6.10 Å². The van der Waals surface area contributed by atoms with Crippen molar-refractivity contribution < 1.29 is 10.2 Å². The summed E-state index contributed by atoms with van der Waals surface area (Å²) in [6.07, 6.45) is 7.89. The number of aliphatic hydroxyl groups excluding tert-OH is 2. The summed E-state index contributed by atoms with van der Waals surface area (Å²) < 4.78 is 0. The van der Waals surface area contributed by atoms with Crippen molar-refractivity contribution in [2.24, 2.45) is 5.92 Å². The fraction of sp³-hybridized carbons (Fsp3) is 1.00. The molecule has 1 unspecified atom stereocenters. The second-order valence-corrected chi connectivity index (χ2v) is 5.43. The average molecular weight is 227 g/mol. The van der Waals surface area contributed by atoms with E-state index in [1.165, 1.54) is 25.7 Å². The van der Waals surface area contributed by atoms with Crippen LogP contribution in [-0.4, -0.2) is 47.0 Å². The van der Waals surface area contributed by atoms with E-state index in [1.807, 2.05) is 0 Å². The second kappa shape index (κ2) is 5.99. The highest BCUT2D eigenvalue weighted by Gasteiger charge is 2.31. The van der Waals surface area contributed by atoms with Crippen LogP contribution < -0.4 is 0 Å². The molecule has 2 aliphatic rings. The molecule has 0 spiro atoms. The lowest BCUT2D eigenvalue weighted by Crippen LogP contribution is -2.49. The zero-order chi connectivity index (χ0) is 11.4. The Labute approximate surface area is 98.5 Å². The Morgan fingerprint density at radius 3 is 2.62 bits per heavy atom. The molecule has 0 aromatic rings. The Bertz CT molecular complexity index is 208. The number of likely N-dealkylation sites (tertiary alicyclic amines) is 1. The maximum Gasteiger partial charge on any atom is 0.0695 e. The third kappa shape index (κ3) is 2.96. The largest absolute Gasteiger partial charge is 0.396 e. The number of nitrogens with zero attached hydrogens (tertiary/aromatic N) is 1. The van der Waals surface area contributed by atoms with E-state index >= 15 is 0 Å². The molecular formula is C13H25NO2. The van der Waals surface area contributed by atoms with E-state index in [0.717, 1.165) is 32.4 Å². The van der Waals surface area contributed by atoms with E-state index in [1.54, 1.807) is 0 Å². The first-order valence-electron chi connectivity index (χ1n) is 6.84. The predicted octanol–water partition coefficient (Wildman–Crippen LogP) is 1.38. The van der Waals surface area contributed by atoms with Gasteiger partial charge in [-0.3, -0.25) is 4.90 Å². The van der Waals surface area contributed by atoms with Crippen LogP contribution in [0, 0.1) is 5.92 Å². The van der Waals surface area contributed by atoms with Gasteiger partial charge < -0.3 is 10.2 Å². The monoisotopic (exact) mass is 227 g/mol. The van der Waals surface area contributed by atoms with Crippen molar-refractivity contribution in [1.29, 1.82) is 0 Å². The molecule has 1 saturated carbocycles. The molecular weight excluding hydrogens is 202 g/mol. The van der Waals surface area contributed by atoms with Gasteiger partial charge in [0.25, 0.3) is 0 Å². The van der Waals surface area contributed by atoms with Gasteiger partial charge in [-0.05, 0) is 44.6 Å². The molecule has 0 aromatic carbocycles. The van der Waals surface area contributed by atoms with Gasteiger partial charge in [-0.15, -0.1) is 0 Å². The first kappa shape index (κ1) is 12.3. The topological polar surface area (TPSA) is 43.7 Å². The highest BCUT2D eigenvalue weighted by molar-refractivity contribution is 4.86. The Morgan fingerprint density at radius 2 is 1.88 bits per heavy atom. The van der Waals surface area contributed by atoms with Crippen molar-refractivity contribution in [3.05, 3.63) is 0 Å². The molecule has 94 valence electrons. The zero-order valence-electron chi connectivity index (χ0n) is 10.1. The smallest absolute Gasteiger partial charge is 0.0695 e. The SMILES string of the molecule is OCCC1CCCN([C@@H]2CCCC[C@H]2O)C1. The third-order valence-electron chi connectivity index (χ3n) is 4.25. The zero-order valence-corrected chi connectivity index (χ0v) is 10.1. The van der Waals surface area contributed by atoms with Gasteiger partial charge in [0.1, 0.15) is 0 Å². The third-order valence-corrected chi connectivity index (χ3v) is 4.25. The van der Waals surface area contributed by atoms with Gasteiger partial charge in [0.2, 0.25) is 0 Å². The quantitative estimate of drug-likeness (QED) is 0.765. The lowest BCUT2D eigenvalue weighted by atomic mass is 9.87. The summed E-state index contributed by atoms with van der Waals surface area (Å²) in [5, 5.41) is 19.0. The Balaban J connectivity index is 1.87. The Hall–Kier alpha value is -0.120. The molecule has 0 aromatic heterocycles. The van der Waals surface area contributed by atoms with E-state index in [9.17, 15) is 5.11 Å². The van der Waals surface area contributed by atoms with Crippen LogP contribution in [0.25, 0.3) is 0 Å². The minimum absolute atomic E-state index is 0.110. The number of rotatable bonds is 3. The molecule has 0 bridgehead atoms. The van der Waals surface area contributed by atoms with Crippen molar-refractivity contribution >= 4 is 0 Å². The van der Waals surface area contributed by atoms with Gasteiger partial charge >= 0.3 is 0 Å². The van der Waals surface area contributed by atoms with Crippen molar-refractivity contribution in [1.82, 2.24) is 4.90 Å². The Kier molecular flexibility index (Phi) is 4.62. The molecule has 2 N–H and O–H groups in total. The van der Waals surface area contributed by atoms with E-state index in [2.05, 4.69) is 4.90 Å². The molecule has 1 heterocycles. The first-order chi connectivity index (χ1) is 7.81. The standard InChI is InChI=1S/C13H25NO2/c15-9-7-11-4-3-8-14(10-11)12-5-1-2-6-13(12)16/h11-13,15-16H,1-10H2/t11?,12-,13-/m1/s1. The van der Waals surface area contributed by atoms with Crippen LogP contribution in [0.5, 0.6) is 0 Å². The van der Waals surface area contributed by atoms with Crippen LogP contribution in [0.3, 0.4) is 0 Å². The van der Waals surface area contributed by atoms with Crippen molar-refractivity contribution in [3.63, 3.8) is 0 Å². The van der Waals surface area contributed by atoms with E-state index in [4.69, 9.17) is 5.11 Å². The number of piperidine rings is 1. The van der Waals surface area contributed by atoms with Crippen LogP contribution in [0.4, 0.5) is 0 Å². The van der Waals surface area contributed by atoms with Crippen molar-refractivity contribution in [3.8, 4) is 0 Å². The maximum atomic E-state index is 10.0. The maximum absolute atomic E-state index is 10.0. The van der Waals surface area contributed by atoms with Crippen LogP contribution in [0.1, 0.15) is 44.9 Å². The molecule has 3 nitrogen and oxygen atoms in total. The molecule has 1 aliphatic heterocycles. The molecule has 1 aliphatic carbocycles. The molecule has 0 radical (unpaired) electrons. The number of aliphatic hydroxyl groups is 2. The van der Waals surface area contributed by atoms with E-state index < -0.39 is 0 Å². The molecule has 16 heavy (non-hydrogen) atoms. The van der Waals surface area contributed by atoms with E-state index in [0.29, 0.717) is 18.6 Å². The average Bonchev–Trinajstić information content (AvgIpc) is 2.30. The highest BCUT2D eigenvalue weighted by Crippen LogP contribution is 2.28. The van der Waals surface area contributed by atoms with Gasteiger partial charge in [0.15, 0.2) is 0 Å². The Morgan fingerprint density at radius 1 is 1.06 bits per heavy atom. The molecule has 1 saturated heterocycles. The summed E-state index contributed by atoms with van der Waals surface area (Å²) in [4.78, 5) is 2.48. The van der Waals surface area contributed by atoms with Gasteiger partial charge in [0, 0.05) is 19.2 Å². The van der Waals surface area contributed by atoms with Gasteiger partial charge in [-0.25, -0.2) is 0 Å². The summed E-state index contributed by atoms with van der Waals surface area (Å²) in [6, 6.07) is 0.398. The molecule has 3 atom stereocenters. The fourth-order valence-corrected chi connectivity index (χ4v) is 3.33. The number of hydrogen-bond acceptors (Lipinski definition) is 3. The fourth-order valence-electron chi connectivity index (χ4n) is 3.33. The predicted molar refractivity (Wildman–Crippen MR) is 64.3 cm³/mol. The molecule has 3 heteroatoms. The van der Waals surface area contributed by atoms with Gasteiger partial charge in [-0.2, -0.15) is 0 Å². The van der Waals surface area contributed by atoms with Crippen LogP contribution in [0.15, 0.2) is 0 Å². The summed E-state index contributed by atoms with van der Waals surface area (Å²) >= 11 is 0. The number of hydrogen-bond donors (Lipinski definition) is 2. The van der Waals surface area contributed by atoms with Crippen LogP contribution >= 0.6 is 0 Å². The summed E-state index contributed by atoms with van der Waals surface area (Å²) in [6.45, 7) is 2.54. The summed E-state index contributed by atoms with van der Waals surface area (Å²) in [7, 11) is 0.